The van der Waals surface area contributed by atoms with E-state index in [-0.39, 0.29) is 0 Å². The summed E-state index contributed by atoms with van der Waals surface area (Å²) < 4.78 is 0. The smallest absolute Gasteiger partial charge is 0.0487 e. The summed E-state index contributed by atoms with van der Waals surface area (Å²) in [5.74, 6) is 0. The van der Waals surface area contributed by atoms with Crippen LogP contribution in [0.1, 0.15) is 44.7 Å². The average molecular weight is 307 g/mol. The molecule has 0 radical (unpaired) electrons. The Hall–Kier alpha value is -2.02. The van der Waals surface area contributed by atoms with E-state index >= 15 is 0 Å². The van der Waals surface area contributed by atoms with E-state index in [1.807, 2.05) is 6.08 Å². The van der Waals surface area contributed by atoms with E-state index in [0.29, 0.717) is 6.04 Å². The van der Waals surface area contributed by atoms with Gasteiger partial charge < -0.3 is 5.32 Å². The third-order valence-corrected chi connectivity index (χ3v) is 4.03. The SMILES string of the molecule is C=C/C(NC(C=C1CC1)Cc1ccc(C)cc1)=C(/C)C=C(C)C. The summed E-state index contributed by atoms with van der Waals surface area (Å²) in [5, 5.41) is 3.68. The van der Waals surface area contributed by atoms with Crippen LogP contribution in [0.2, 0.25) is 0 Å². The van der Waals surface area contributed by atoms with Crippen molar-refractivity contribution >= 4 is 0 Å². The van der Waals surface area contributed by atoms with Crippen molar-refractivity contribution in [1.82, 2.24) is 5.32 Å². The van der Waals surface area contributed by atoms with Gasteiger partial charge in [0.15, 0.2) is 0 Å². The molecule has 1 nitrogen and oxygen atoms in total. The van der Waals surface area contributed by atoms with E-state index in [1.165, 1.54) is 35.1 Å². The van der Waals surface area contributed by atoms with Crippen LogP contribution in [-0.4, -0.2) is 6.04 Å². The van der Waals surface area contributed by atoms with Crippen molar-refractivity contribution in [3.63, 3.8) is 0 Å². The maximum absolute atomic E-state index is 3.99. The molecule has 1 aromatic rings. The molecular weight excluding hydrogens is 278 g/mol. The van der Waals surface area contributed by atoms with Crippen LogP contribution in [0.3, 0.4) is 0 Å². The predicted octanol–water partition coefficient (Wildman–Crippen LogP) is 5.64. The summed E-state index contributed by atoms with van der Waals surface area (Å²) >= 11 is 0. The van der Waals surface area contributed by atoms with Gasteiger partial charge in [-0.05, 0) is 64.2 Å². The van der Waals surface area contributed by atoms with Crippen molar-refractivity contribution in [2.75, 3.05) is 0 Å². The molecule has 2 rings (SSSR count). The third kappa shape index (κ3) is 5.94. The zero-order valence-electron chi connectivity index (χ0n) is 14.9. The van der Waals surface area contributed by atoms with E-state index in [9.17, 15) is 0 Å². The molecule has 0 heterocycles. The fourth-order valence-corrected chi connectivity index (χ4v) is 2.70. The van der Waals surface area contributed by atoms with Gasteiger partial charge >= 0.3 is 0 Å². The molecule has 1 aliphatic carbocycles. The number of allylic oxidation sites excluding steroid dienone is 5. The van der Waals surface area contributed by atoms with Crippen LogP contribution in [0, 0.1) is 6.92 Å². The lowest BCUT2D eigenvalue weighted by atomic mass is 10.0. The van der Waals surface area contributed by atoms with Gasteiger partial charge in [-0.1, -0.05) is 59.7 Å². The van der Waals surface area contributed by atoms with Crippen LogP contribution >= 0.6 is 0 Å². The van der Waals surface area contributed by atoms with Crippen molar-refractivity contribution in [3.05, 3.63) is 82.6 Å². The molecule has 1 saturated carbocycles. The molecule has 0 spiro atoms. The largest absolute Gasteiger partial charge is 0.378 e. The molecule has 0 amide bonds. The lowest BCUT2D eigenvalue weighted by Gasteiger charge is -2.19. The summed E-state index contributed by atoms with van der Waals surface area (Å²) in [6, 6.07) is 9.17. The van der Waals surface area contributed by atoms with Crippen molar-refractivity contribution in [1.29, 1.82) is 0 Å². The maximum Gasteiger partial charge on any atom is 0.0487 e. The Bertz CT molecular complexity index is 631. The van der Waals surface area contributed by atoms with Crippen LogP contribution in [0.4, 0.5) is 0 Å². The lowest BCUT2D eigenvalue weighted by molar-refractivity contribution is 0.671. The van der Waals surface area contributed by atoms with Gasteiger partial charge in [-0.15, -0.1) is 0 Å². The van der Waals surface area contributed by atoms with E-state index in [2.05, 4.69) is 76.0 Å². The highest BCUT2D eigenvalue weighted by Gasteiger charge is 2.16. The molecule has 1 aliphatic rings. The van der Waals surface area contributed by atoms with Gasteiger partial charge in [0.05, 0.1) is 0 Å². The Balaban J connectivity index is 2.18. The van der Waals surface area contributed by atoms with Crippen LogP contribution < -0.4 is 5.32 Å². The van der Waals surface area contributed by atoms with Gasteiger partial charge in [-0.25, -0.2) is 0 Å². The number of hydrogen-bond acceptors (Lipinski definition) is 1. The van der Waals surface area contributed by atoms with Crippen LogP contribution in [0.15, 0.2) is 71.5 Å². The molecule has 1 unspecified atom stereocenters. The predicted molar refractivity (Wildman–Crippen MR) is 101 cm³/mol. The zero-order valence-corrected chi connectivity index (χ0v) is 14.9. The first-order valence-electron chi connectivity index (χ1n) is 8.48. The van der Waals surface area contributed by atoms with Gasteiger partial charge in [0.2, 0.25) is 0 Å². The second-order valence-corrected chi connectivity index (χ2v) is 6.79. The minimum Gasteiger partial charge on any atom is -0.378 e. The number of rotatable bonds is 7. The average Bonchev–Trinajstić information content (AvgIpc) is 3.30. The summed E-state index contributed by atoms with van der Waals surface area (Å²) in [6.45, 7) is 12.5. The van der Waals surface area contributed by atoms with Gasteiger partial charge in [-0.2, -0.15) is 0 Å². The van der Waals surface area contributed by atoms with Crippen molar-refractivity contribution in [2.24, 2.45) is 0 Å². The first kappa shape index (κ1) is 17.3. The molecule has 0 aliphatic heterocycles. The molecule has 1 heteroatoms. The van der Waals surface area contributed by atoms with Gasteiger partial charge in [0.1, 0.15) is 0 Å². The summed E-state index contributed by atoms with van der Waals surface area (Å²) in [4.78, 5) is 0. The third-order valence-electron chi connectivity index (χ3n) is 4.03. The fraction of sp³-hybridized carbons (Fsp3) is 0.364. The summed E-state index contributed by atoms with van der Waals surface area (Å²) in [6.07, 6.45) is 10.1. The standard InChI is InChI=1S/C22H29N/c1-6-22(18(5)13-16(2)3)23-21(15-20-11-12-20)14-19-9-7-17(4)8-10-19/h6-10,13,15,21,23H,1,11-12,14H2,2-5H3/b22-18+. The molecule has 1 fully saturated rings. The summed E-state index contributed by atoms with van der Waals surface area (Å²) in [7, 11) is 0. The molecule has 122 valence electrons. The molecular formula is C22H29N. The number of hydrogen-bond donors (Lipinski definition) is 1. The minimum absolute atomic E-state index is 0.323. The van der Waals surface area contributed by atoms with Gasteiger partial charge in [0, 0.05) is 11.7 Å². The highest BCUT2D eigenvalue weighted by Crippen LogP contribution is 2.28. The molecule has 23 heavy (non-hydrogen) atoms. The molecule has 1 aromatic carbocycles. The quantitative estimate of drug-likeness (QED) is 0.507. The second kappa shape index (κ2) is 8.01. The lowest BCUT2D eigenvalue weighted by Crippen LogP contribution is -2.28. The minimum atomic E-state index is 0.323. The van der Waals surface area contributed by atoms with Crippen LogP contribution in [0.25, 0.3) is 0 Å². The Kier molecular flexibility index (Phi) is 6.04. The van der Waals surface area contributed by atoms with Gasteiger partial charge in [-0.3, -0.25) is 0 Å². The normalized spacial score (nSPS) is 15.4. The Morgan fingerprint density at radius 1 is 1.17 bits per heavy atom. The maximum atomic E-state index is 3.99. The topological polar surface area (TPSA) is 12.0 Å². The first-order chi connectivity index (χ1) is 11.0. The van der Waals surface area contributed by atoms with E-state index in [1.54, 1.807) is 5.57 Å². The van der Waals surface area contributed by atoms with Crippen LogP contribution in [-0.2, 0) is 6.42 Å². The van der Waals surface area contributed by atoms with E-state index < -0.39 is 0 Å². The Morgan fingerprint density at radius 3 is 2.35 bits per heavy atom. The number of aryl methyl sites for hydroxylation is 1. The fourth-order valence-electron chi connectivity index (χ4n) is 2.70. The monoisotopic (exact) mass is 307 g/mol. The van der Waals surface area contributed by atoms with Crippen LogP contribution in [0.5, 0.6) is 0 Å². The zero-order chi connectivity index (χ0) is 16.8. The summed E-state index contributed by atoms with van der Waals surface area (Å²) in [5.41, 5.74) is 7.92. The van der Waals surface area contributed by atoms with E-state index in [0.717, 1.165) is 12.1 Å². The molecule has 0 saturated heterocycles. The van der Waals surface area contributed by atoms with E-state index in [4.69, 9.17) is 0 Å². The molecule has 0 bridgehead atoms. The highest BCUT2D eigenvalue weighted by molar-refractivity contribution is 5.33. The van der Waals surface area contributed by atoms with Crippen molar-refractivity contribution in [2.45, 2.75) is 53.0 Å². The Labute approximate surface area is 141 Å². The second-order valence-electron chi connectivity index (χ2n) is 6.79. The molecule has 1 atom stereocenters. The number of benzene rings is 1. The van der Waals surface area contributed by atoms with Gasteiger partial charge in [0.25, 0.3) is 0 Å². The molecule has 0 aromatic heterocycles. The number of nitrogens with one attached hydrogen (secondary N) is 1. The highest BCUT2D eigenvalue weighted by atomic mass is 14.9. The van der Waals surface area contributed by atoms with Crippen molar-refractivity contribution in [3.8, 4) is 0 Å². The van der Waals surface area contributed by atoms with Crippen molar-refractivity contribution < 1.29 is 0 Å². The molecule has 1 N–H and O–H groups in total. The first-order valence-corrected chi connectivity index (χ1v) is 8.48. The Morgan fingerprint density at radius 2 is 1.83 bits per heavy atom.